The standard InChI is InChI=1S/C4H3NS2/c6-3-1-2-4(7)5-3/h1-2H,(H,5,6,7). The van der Waals surface area contributed by atoms with Gasteiger partial charge in [0.25, 0.3) is 0 Å². The molecule has 0 spiro atoms. The van der Waals surface area contributed by atoms with Crippen LogP contribution < -0.4 is 5.32 Å². The summed E-state index contributed by atoms with van der Waals surface area (Å²) in [5.74, 6) is 0. The molecule has 1 aliphatic heterocycles. The summed E-state index contributed by atoms with van der Waals surface area (Å²) >= 11 is 9.42. The van der Waals surface area contributed by atoms with Gasteiger partial charge in [-0.15, -0.1) is 0 Å². The van der Waals surface area contributed by atoms with Crippen LogP contribution in [0.2, 0.25) is 0 Å². The molecule has 0 aromatic rings. The number of rotatable bonds is 0. The zero-order valence-corrected chi connectivity index (χ0v) is 5.10. The summed E-state index contributed by atoms with van der Waals surface area (Å²) in [6.07, 6.45) is 3.55. The van der Waals surface area contributed by atoms with Crippen LogP contribution in [0.5, 0.6) is 0 Å². The lowest BCUT2D eigenvalue weighted by Crippen LogP contribution is -2.16. The Bertz CT molecular complexity index is 132. The molecule has 0 unspecified atom stereocenters. The topological polar surface area (TPSA) is 12.0 Å². The number of hydrogen-bond acceptors (Lipinski definition) is 2. The molecule has 1 aliphatic rings. The summed E-state index contributed by atoms with van der Waals surface area (Å²) in [4.78, 5) is 1.43. The zero-order valence-electron chi connectivity index (χ0n) is 3.47. The Balaban J connectivity index is 2.76. The van der Waals surface area contributed by atoms with Crippen molar-refractivity contribution >= 4 is 34.4 Å². The van der Waals surface area contributed by atoms with Gasteiger partial charge in [0, 0.05) is 0 Å². The Morgan fingerprint density at radius 1 is 1.14 bits per heavy atom. The highest BCUT2D eigenvalue weighted by atomic mass is 32.1. The van der Waals surface area contributed by atoms with E-state index in [2.05, 4.69) is 5.32 Å². The molecule has 7 heavy (non-hydrogen) atoms. The normalized spacial score (nSPS) is 17.7. The fourth-order valence-electron chi connectivity index (χ4n) is 0.356. The molecule has 0 fully saturated rings. The summed E-state index contributed by atoms with van der Waals surface area (Å²) in [5.41, 5.74) is 0. The van der Waals surface area contributed by atoms with Crippen LogP contribution in [-0.4, -0.2) is 9.98 Å². The van der Waals surface area contributed by atoms with Gasteiger partial charge in [-0.3, -0.25) is 0 Å². The van der Waals surface area contributed by atoms with Crippen molar-refractivity contribution in [1.29, 1.82) is 0 Å². The summed E-state index contributed by atoms with van der Waals surface area (Å²) in [7, 11) is 0. The molecule has 0 aromatic heterocycles. The molecule has 3 heteroatoms. The first-order valence-electron chi connectivity index (χ1n) is 1.82. The molecule has 36 valence electrons. The van der Waals surface area contributed by atoms with Crippen molar-refractivity contribution in [1.82, 2.24) is 5.32 Å². The van der Waals surface area contributed by atoms with Gasteiger partial charge in [0.15, 0.2) is 0 Å². The highest BCUT2D eigenvalue weighted by Gasteiger charge is 1.98. The SMILES string of the molecule is S=C1C=CC(=S)N1. The van der Waals surface area contributed by atoms with E-state index in [4.69, 9.17) is 24.4 Å². The second kappa shape index (κ2) is 1.68. The zero-order chi connectivity index (χ0) is 5.28. The summed E-state index contributed by atoms with van der Waals surface area (Å²) in [5, 5.41) is 2.77. The van der Waals surface area contributed by atoms with Gasteiger partial charge >= 0.3 is 0 Å². The maximum absolute atomic E-state index is 4.71. The third-order valence-corrected chi connectivity index (χ3v) is 1.11. The third kappa shape index (κ3) is 1.04. The smallest absolute Gasteiger partial charge is 0.104 e. The molecule has 0 saturated heterocycles. The van der Waals surface area contributed by atoms with Crippen molar-refractivity contribution in [3.63, 3.8) is 0 Å². The van der Waals surface area contributed by atoms with E-state index in [1.807, 2.05) is 0 Å². The van der Waals surface area contributed by atoms with E-state index in [-0.39, 0.29) is 0 Å². The molecule has 0 atom stereocenters. The van der Waals surface area contributed by atoms with E-state index in [1.54, 1.807) is 12.2 Å². The molecule has 0 aromatic carbocycles. The van der Waals surface area contributed by atoms with Gasteiger partial charge in [-0.05, 0) is 12.2 Å². The maximum Gasteiger partial charge on any atom is 0.104 e. The second-order valence-corrected chi connectivity index (χ2v) is 2.07. The summed E-state index contributed by atoms with van der Waals surface area (Å²) in [6.45, 7) is 0. The number of thiocarbonyl (C=S) groups is 2. The molecule has 1 heterocycles. The van der Waals surface area contributed by atoms with E-state index in [1.165, 1.54) is 0 Å². The Hall–Kier alpha value is -0.280. The van der Waals surface area contributed by atoms with Gasteiger partial charge < -0.3 is 5.32 Å². The van der Waals surface area contributed by atoms with Crippen LogP contribution in [0.25, 0.3) is 0 Å². The van der Waals surface area contributed by atoms with Crippen molar-refractivity contribution in [2.75, 3.05) is 0 Å². The second-order valence-electron chi connectivity index (χ2n) is 1.19. The molecular weight excluding hydrogens is 126 g/mol. The van der Waals surface area contributed by atoms with Gasteiger partial charge in [-0.1, -0.05) is 24.4 Å². The van der Waals surface area contributed by atoms with Crippen LogP contribution >= 0.6 is 24.4 Å². The summed E-state index contributed by atoms with van der Waals surface area (Å²) in [6, 6.07) is 0. The fraction of sp³-hybridized carbons (Fsp3) is 0. The lowest BCUT2D eigenvalue weighted by atomic mass is 10.6. The predicted octanol–water partition coefficient (Wildman–Crippen LogP) is 0.801. The van der Waals surface area contributed by atoms with E-state index < -0.39 is 0 Å². The molecule has 0 saturated carbocycles. The largest absolute Gasteiger partial charge is 0.338 e. The van der Waals surface area contributed by atoms with E-state index in [0.29, 0.717) is 9.98 Å². The molecule has 0 amide bonds. The molecule has 0 radical (unpaired) electrons. The molecule has 1 nitrogen and oxygen atoms in total. The minimum atomic E-state index is 0.713. The predicted molar refractivity (Wildman–Crippen MR) is 37.5 cm³/mol. The van der Waals surface area contributed by atoms with E-state index >= 15 is 0 Å². The number of hydrogen-bond donors (Lipinski definition) is 1. The molecule has 0 aliphatic carbocycles. The summed E-state index contributed by atoms with van der Waals surface area (Å²) < 4.78 is 0. The van der Waals surface area contributed by atoms with Crippen molar-refractivity contribution in [3.8, 4) is 0 Å². The van der Waals surface area contributed by atoms with E-state index in [0.717, 1.165) is 0 Å². The molecular formula is C4H3NS2. The van der Waals surface area contributed by atoms with Crippen molar-refractivity contribution < 1.29 is 0 Å². The highest BCUT2D eigenvalue weighted by Crippen LogP contribution is 1.88. The highest BCUT2D eigenvalue weighted by molar-refractivity contribution is 7.82. The lowest BCUT2D eigenvalue weighted by Gasteiger charge is -1.87. The van der Waals surface area contributed by atoms with Crippen molar-refractivity contribution in [2.24, 2.45) is 0 Å². The third-order valence-electron chi connectivity index (χ3n) is 0.632. The Morgan fingerprint density at radius 3 is 1.71 bits per heavy atom. The van der Waals surface area contributed by atoms with E-state index in [9.17, 15) is 0 Å². The number of nitrogens with one attached hydrogen (secondary N) is 1. The van der Waals surface area contributed by atoms with Crippen LogP contribution in [0.3, 0.4) is 0 Å². The first-order chi connectivity index (χ1) is 3.29. The first-order valence-corrected chi connectivity index (χ1v) is 2.64. The van der Waals surface area contributed by atoms with Gasteiger partial charge in [-0.25, -0.2) is 0 Å². The van der Waals surface area contributed by atoms with Crippen LogP contribution in [0, 0.1) is 0 Å². The van der Waals surface area contributed by atoms with Gasteiger partial charge in [0.1, 0.15) is 9.98 Å². The minimum absolute atomic E-state index is 0.713. The lowest BCUT2D eigenvalue weighted by molar-refractivity contribution is 1.52. The first kappa shape index (κ1) is 4.87. The fourth-order valence-corrected chi connectivity index (χ4v) is 0.777. The minimum Gasteiger partial charge on any atom is -0.338 e. The van der Waals surface area contributed by atoms with Gasteiger partial charge in [0.05, 0.1) is 0 Å². The van der Waals surface area contributed by atoms with Crippen molar-refractivity contribution in [3.05, 3.63) is 12.2 Å². The van der Waals surface area contributed by atoms with Crippen molar-refractivity contribution in [2.45, 2.75) is 0 Å². The van der Waals surface area contributed by atoms with Gasteiger partial charge in [-0.2, -0.15) is 0 Å². The van der Waals surface area contributed by atoms with Gasteiger partial charge in [0.2, 0.25) is 0 Å². The molecule has 0 bridgehead atoms. The van der Waals surface area contributed by atoms with Crippen LogP contribution in [-0.2, 0) is 0 Å². The Morgan fingerprint density at radius 2 is 1.57 bits per heavy atom. The Labute approximate surface area is 52.4 Å². The maximum atomic E-state index is 4.71. The Kier molecular flexibility index (Phi) is 1.17. The average molecular weight is 129 g/mol. The molecule has 1 N–H and O–H groups in total. The molecule has 1 rings (SSSR count). The van der Waals surface area contributed by atoms with Crippen LogP contribution in [0.4, 0.5) is 0 Å². The van der Waals surface area contributed by atoms with Crippen LogP contribution in [0.1, 0.15) is 0 Å². The average Bonchev–Trinajstić information content (AvgIpc) is 1.87. The quantitative estimate of drug-likeness (QED) is 0.486. The monoisotopic (exact) mass is 129 g/mol. The van der Waals surface area contributed by atoms with Crippen LogP contribution in [0.15, 0.2) is 12.2 Å².